The number of sulfonamides is 1. The van der Waals surface area contributed by atoms with Crippen LogP contribution in [0.15, 0.2) is 34.9 Å². The van der Waals surface area contributed by atoms with E-state index in [0.717, 1.165) is 25.1 Å². The van der Waals surface area contributed by atoms with Crippen LogP contribution in [0.5, 0.6) is 0 Å². The lowest BCUT2D eigenvalue weighted by molar-refractivity contribution is 0.581. The van der Waals surface area contributed by atoms with Crippen molar-refractivity contribution in [3.05, 3.63) is 35.7 Å². The molecule has 2 N–H and O–H groups in total. The summed E-state index contributed by atoms with van der Waals surface area (Å²) in [6.45, 7) is 1.88. The van der Waals surface area contributed by atoms with Gasteiger partial charge in [-0.05, 0) is 25.1 Å². The number of nitriles is 1. The van der Waals surface area contributed by atoms with Crippen molar-refractivity contribution in [3.8, 4) is 6.07 Å². The highest BCUT2D eigenvalue weighted by atomic mass is 32.2. The van der Waals surface area contributed by atoms with Crippen LogP contribution in [-0.2, 0) is 10.0 Å². The number of pyridine rings is 1. The first-order chi connectivity index (χ1) is 9.13. The van der Waals surface area contributed by atoms with Crippen molar-refractivity contribution in [2.24, 2.45) is 0 Å². The summed E-state index contributed by atoms with van der Waals surface area (Å²) in [4.78, 5) is 3.68. The standard InChI is InChI=1S/C12H14N4O2S/c13-8-11-12(2-1-5-15-11)19(17,18)16-9-10-3-6-14-7-4-10/h1-3,5,14,16H,4,6-7,9H2. The van der Waals surface area contributed by atoms with Gasteiger partial charge in [0, 0.05) is 19.3 Å². The van der Waals surface area contributed by atoms with Gasteiger partial charge in [-0.3, -0.25) is 0 Å². The number of nitrogens with zero attached hydrogens (tertiary/aromatic N) is 2. The second-order valence-corrected chi connectivity index (χ2v) is 5.84. The fraction of sp³-hybridized carbons (Fsp3) is 0.333. The van der Waals surface area contributed by atoms with Gasteiger partial charge in [0.2, 0.25) is 10.0 Å². The highest BCUT2D eigenvalue weighted by Crippen LogP contribution is 2.12. The highest BCUT2D eigenvalue weighted by Gasteiger charge is 2.19. The molecule has 1 aromatic rings. The maximum atomic E-state index is 12.1. The first-order valence-electron chi connectivity index (χ1n) is 5.87. The Labute approximate surface area is 112 Å². The van der Waals surface area contributed by atoms with Gasteiger partial charge in [0.05, 0.1) is 0 Å². The van der Waals surface area contributed by atoms with E-state index in [-0.39, 0.29) is 17.1 Å². The number of aromatic nitrogens is 1. The Bertz CT molecular complexity index is 631. The first kappa shape index (κ1) is 13.7. The Morgan fingerprint density at radius 3 is 3.05 bits per heavy atom. The molecule has 0 bridgehead atoms. The van der Waals surface area contributed by atoms with E-state index in [1.54, 1.807) is 6.07 Å². The summed E-state index contributed by atoms with van der Waals surface area (Å²) < 4.78 is 26.7. The Balaban J connectivity index is 2.14. The minimum absolute atomic E-state index is 0.0768. The largest absolute Gasteiger partial charge is 0.313 e. The molecule has 1 aliphatic rings. The molecule has 0 radical (unpaired) electrons. The summed E-state index contributed by atoms with van der Waals surface area (Å²) in [6, 6.07) is 4.66. The van der Waals surface area contributed by atoms with Gasteiger partial charge >= 0.3 is 0 Å². The van der Waals surface area contributed by atoms with Crippen LogP contribution in [0.1, 0.15) is 12.1 Å². The third-order valence-electron chi connectivity index (χ3n) is 2.81. The molecule has 0 fully saturated rings. The zero-order valence-corrected chi connectivity index (χ0v) is 11.1. The zero-order chi connectivity index (χ0) is 13.7. The lowest BCUT2D eigenvalue weighted by Gasteiger charge is -2.14. The van der Waals surface area contributed by atoms with Gasteiger partial charge in [0.15, 0.2) is 5.69 Å². The van der Waals surface area contributed by atoms with Gasteiger partial charge in [0.1, 0.15) is 11.0 Å². The minimum Gasteiger partial charge on any atom is -0.313 e. The van der Waals surface area contributed by atoms with E-state index >= 15 is 0 Å². The molecule has 0 atom stereocenters. The summed E-state index contributed by atoms with van der Waals surface area (Å²) in [6.07, 6.45) is 4.19. The maximum Gasteiger partial charge on any atom is 0.243 e. The molecule has 6 nitrogen and oxygen atoms in total. The Kier molecular flexibility index (Phi) is 4.27. The summed E-state index contributed by atoms with van der Waals surface area (Å²) in [7, 11) is -3.70. The van der Waals surface area contributed by atoms with Gasteiger partial charge < -0.3 is 5.32 Å². The predicted molar refractivity (Wildman–Crippen MR) is 69.7 cm³/mol. The molecule has 0 saturated heterocycles. The van der Waals surface area contributed by atoms with E-state index < -0.39 is 10.0 Å². The third kappa shape index (κ3) is 3.38. The zero-order valence-electron chi connectivity index (χ0n) is 10.3. The third-order valence-corrected chi connectivity index (χ3v) is 4.25. The van der Waals surface area contributed by atoms with Crippen molar-refractivity contribution in [2.45, 2.75) is 11.3 Å². The van der Waals surface area contributed by atoms with Gasteiger partial charge in [-0.1, -0.05) is 11.6 Å². The normalized spacial score (nSPS) is 15.6. The molecule has 1 aromatic heterocycles. The van der Waals surface area contributed by atoms with E-state index in [1.807, 2.05) is 6.08 Å². The molecule has 1 aliphatic heterocycles. The lowest BCUT2D eigenvalue weighted by Crippen LogP contribution is -2.30. The van der Waals surface area contributed by atoms with Crippen molar-refractivity contribution in [1.29, 1.82) is 5.26 Å². The SMILES string of the molecule is N#Cc1ncccc1S(=O)(=O)NCC1=CCNCC1. The number of nitrogens with one attached hydrogen (secondary N) is 2. The number of rotatable bonds is 4. The van der Waals surface area contributed by atoms with Crippen LogP contribution < -0.4 is 10.0 Å². The van der Waals surface area contributed by atoms with Crippen molar-refractivity contribution < 1.29 is 8.42 Å². The van der Waals surface area contributed by atoms with Crippen LogP contribution in [0, 0.1) is 11.3 Å². The van der Waals surface area contributed by atoms with Crippen LogP contribution in [0.3, 0.4) is 0 Å². The van der Waals surface area contributed by atoms with E-state index in [4.69, 9.17) is 5.26 Å². The van der Waals surface area contributed by atoms with Crippen LogP contribution >= 0.6 is 0 Å². The first-order valence-corrected chi connectivity index (χ1v) is 7.35. The topological polar surface area (TPSA) is 94.9 Å². The second-order valence-electron chi connectivity index (χ2n) is 4.10. The molecule has 0 amide bonds. The van der Waals surface area contributed by atoms with Crippen molar-refractivity contribution in [1.82, 2.24) is 15.0 Å². The molecule has 19 heavy (non-hydrogen) atoms. The van der Waals surface area contributed by atoms with Gasteiger partial charge in [-0.15, -0.1) is 0 Å². The Morgan fingerprint density at radius 2 is 2.37 bits per heavy atom. The fourth-order valence-corrected chi connectivity index (χ4v) is 2.93. The van der Waals surface area contributed by atoms with Crippen LogP contribution in [0.4, 0.5) is 0 Å². The summed E-state index contributed by atoms with van der Waals surface area (Å²) in [5, 5.41) is 12.0. The fourth-order valence-electron chi connectivity index (χ4n) is 1.79. The number of hydrogen-bond donors (Lipinski definition) is 2. The molecule has 7 heteroatoms. The molecule has 0 saturated carbocycles. The average molecular weight is 278 g/mol. The minimum atomic E-state index is -3.70. The van der Waals surface area contributed by atoms with E-state index in [1.165, 1.54) is 18.3 Å². The molecular weight excluding hydrogens is 264 g/mol. The van der Waals surface area contributed by atoms with Gasteiger partial charge in [-0.25, -0.2) is 18.1 Å². The van der Waals surface area contributed by atoms with E-state index in [9.17, 15) is 8.42 Å². The van der Waals surface area contributed by atoms with Crippen molar-refractivity contribution in [2.75, 3.05) is 19.6 Å². The maximum absolute atomic E-state index is 12.1. The Hall–Kier alpha value is -1.75. The van der Waals surface area contributed by atoms with Crippen molar-refractivity contribution in [3.63, 3.8) is 0 Å². The average Bonchev–Trinajstić information content (AvgIpc) is 2.46. The Morgan fingerprint density at radius 1 is 1.53 bits per heavy atom. The highest BCUT2D eigenvalue weighted by molar-refractivity contribution is 7.89. The van der Waals surface area contributed by atoms with Crippen molar-refractivity contribution >= 4 is 10.0 Å². The van der Waals surface area contributed by atoms with Gasteiger partial charge in [0.25, 0.3) is 0 Å². The van der Waals surface area contributed by atoms with Crippen LogP contribution in [-0.4, -0.2) is 33.0 Å². The van der Waals surface area contributed by atoms with Crippen LogP contribution in [0.25, 0.3) is 0 Å². The monoisotopic (exact) mass is 278 g/mol. The summed E-state index contributed by atoms with van der Waals surface area (Å²) in [5.74, 6) is 0. The molecular formula is C12H14N4O2S. The second kappa shape index (κ2) is 5.93. The predicted octanol–water partition coefficient (Wildman–Crippen LogP) is 0.151. The van der Waals surface area contributed by atoms with E-state index in [2.05, 4.69) is 15.0 Å². The molecule has 0 spiro atoms. The smallest absolute Gasteiger partial charge is 0.243 e. The lowest BCUT2D eigenvalue weighted by atomic mass is 10.1. The van der Waals surface area contributed by atoms with E-state index in [0.29, 0.717) is 0 Å². The number of hydrogen-bond acceptors (Lipinski definition) is 5. The van der Waals surface area contributed by atoms with Crippen LogP contribution in [0.2, 0.25) is 0 Å². The summed E-state index contributed by atoms with van der Waals surface area (Å²) >= 11 is 0. The molecule has 2 heterocycles. The molecule has 0 aromatic carbocycles. The quantitative estimate of drug-likeness (QED) is 0.765. The summed E-state index contributed by atoms with van der Waals surface area (Å²) in [5.41, 5.74) is 0.957. The van der Waals surface area contributed by atoms with Gasteiger partial charge in [-0.2, -0.15) is 5.26 Å². The molecule has 0 aliphatic carbocycles. The molecule has 100 valence electrons. The molecule has 2 rings (SSSR count). The molecule has 0 unspecified atom stereocenters.